The van der Waals surface area contributed by atoms with Crippen molar-refractivity contribution < 1.29 is 33.6 Å². The molecule has 0 radical (unpaired) electrons. The molecular weight excluding hydrogens is 316 g/mol. The topological polar surface area (TPSA) is 96.7 Å². The molecule has 0 amide bonds. The van der Waals surface area contributed by atoms with Crippen molar-refractivity contribution in [3.05, 3.63) is 43.0 Å². The molecule has 0 aliphatic carbocycles. The molecule has 0 saturated carbocycles. The number of carbonyl (C=O) groups is 1. The van der Waals surface area contributed by atoms with Crippen LogP contribution in [0.4, 0.5) is 0 Å². The lowest BCUT2D eigenvalue weighted by atomic mass is 10.3. The molecule has 5 rings (SSSR count). The zero-order valence-electron chi connectivity index (χ0n) is 13.6. The molecule has 4 aliphatic heterocycles. The van der Waals surface area contributed by atoms with Crippen molar-refractivity contribution >= 4 is 5.97 Å². The lowest BCUT2D eigenvalue weighted by Gasteiger charge is -1.98. The summed E-state index contributed by atoms with van der Waals surface area (Å²) in [5.41, 5.74) is 0. The monoisotopic (exact) mass is 340 g/mol. The van der Waals surface area contributed by atoms with Crippen LogP contribution < -0.4 is 4.74 Å². The van der Waals surface area contributed by atoms with Gasteiger partial charge in [0.1, 0.15) is 12.4 Å². The standard InChI is InChI=1S/C8H8O2.C3H4O2.3C2H4O/c1-2-4-7(5-3-1)10-8-6-9-8;1-2-3(4)5;3*1-2-3-1/h1-5,8H,6H2;2H,1H2,(H,4,5);3*1-2H2. The van der Waals surface area contributed by atoms with Crippen LogP contribution in [0.3, 0.4) is 0 Å². The van der Waals surface area contributed by atoms with Gasteiger partial charge < -0.3 is 28.8 Å². The maximum Gasteiger partial charge on any atom is 0.327 e. The Balaban J connectivity index is 0.000000171. The van der Waals surface area contributed by atoms with Gasteiger partial charge in [0, 0.05) is 6.08 Å². The quantitative estimate of drug-likeness (QED) is 0.661. The molecule has 0 spiro atoms. The van der Waals surface area contributed by atoms with E-state index in [0.29, 0.717) is 0 Å². The lowest BCUT2D eigenvalue weighted by Crippen LogP contribution is -1.96. The molecule has 1 N–H and O–H groups in total. The minimum absolute atomic E-state index is 0.0161. The van der Waals surface area contributed by atoms with E-state index in [1.165, 1.54) is 0 Å². The number of aliphatic carboxylic acids is 1. The molecule has 4 heterocycles. The molecule has 0 aromatic heterocycles. The summed E-state index contributed by atoms with van der Waals surface area (Å²) in [4.78, 5) is 9.25. The highest BCUT2D eigenvalue weighted by molar-refractivity contribution is 5.78. The molecule has 0 bridgehead atoms. The van der Waals surface area contributed by atoms with Gasteiger partial charge in [-0.25, -0.2) is 4.79 Å². The summed E-state index contributed by atoms with van der Waals surface area (Å²) in [5.74, 6) is -0.102. The largest absolute Gasteiger partial charge is 0.478 e. The first-order valence-electron chi connectivity index (χ1n) is 7.64. The van der Waals surface area contributed by atoms with Crippen molar-refractivity contribution in [3.8, 4) is 5.75 Å². The first-order chi connectivity index (χ1) is 11.7. The van der Waals surface area contributed by atoms with Crippen molar-refractivity contribution in [2.24, 2.45) is 0 Å². The number of para-hydroxylation sites is 1. The van der Waals surface area contributed by atoms with Crippen molar-refractivity contribution in [2.45, 2.75) is 6.29 Å². The molecule has 1 aromatic carbocycles. The minimum Gasteiger partial charge on any atom is -0.478 e. The highest BCUT2D eigenvalue weighted by Crippen LogP contribution is 2.17. The van der Waals surface area contributed by atoms with Crippen LogP contribution in [0, 0.1) is 0 Å². The van der Waals surface area contributed by atoms with Gasteiger partial charge >= 0.3 is 5.97 Å². The summed E-state index contributed by atoms with van der Waals surface area (Å²) in [6, 6.07) is 9.68. The third kappa shape index (κ3) is 22.4. The predicted octanol–water partition coefficient (Wildman–Crippen LogP) is 1.73. The van der Waals surface area contributed by atoms with Crippen LogP contribution in [0.25, 0.3) is 0 Å². The van der Waals surface area contributed by atoms with Crippen molar-refractivity contribution in [1.29, 1.82) is 0 Å². The lowest BCUT2D eigenvalue weighted by molar-refractivity contribution is -0.131. The number of rotatable bonds is 3. The van der Waals surface area contributed by atoms with E-state index in [1.54, 1.807) is 0 Å². The highest BCUT2D eigenvalue weighted by atomic mass is 16.8. The Bertz CT molecular complexity index is 417. The third-order valence-electron chi connectivity index (χ3n) is 2.10. The Kier molecular flexibility index (Phi) is 11.3. The fourth-order valence-corrected chi connectivity index (χ4v) is 0.758. The van der Waals surface area contributed by atoms with Gasteiger partial charge in [-0.3, -0.25) is 0 Å². The van der Waals surface area contributed by atoms with Crippen LogP contribution in [-0.4, -0.2) is 63.6 Å². The Morgan fingerprint density at radius 2 is 1.42 bits per heavy atom. The number of ether oxygens (including phenoxy) is 5. The van der Waals surface area contributed by atoms with E-state index in [4.69, 9.17) is 14.6 Å². The zero-order valence-corrected chi connectivity index (χ0v) is 13.6. The molecule has 7 nitrogen and oxygen atoms in total. The Hall–Kier alpha value is -1.93. The summed E-state index contributed by atoms with van der Waals surface area (Å²) in [6.07, 6.45) is 0.849. The maximum absolute atomic E-state index is 9.25. The van der Waals surface area contributed by atoms with Gasteiger partial charge in [0.15, 0.2) is 0 Å². The molecule has 24 heavy (non-hydrogen) atoms. The maximum atomic E-state index is 9.25. The van der Waals surface area contributed by atoms with Crippen molar-refractivity contribution in [3.63, 3.8) is 0 Å². The van der Waals surface area contributed by atoms with Gasteiger partial charge in [0.05, 0.1) is 39.6 Å². The third-order valence-corrected chi connectivity index (χ3v) is 2.10. The van der Waals surface area contributed by atoms with Crippen LogP contribution in [0.2, 0.25) is 0 Å². The molecule has 4 saturated heterocycles. The SMILES string of the molecule is C1CO1.C1CO1.C1CO1.C=CC(=O)O.c1ccc(OC2CO2)cc1. The van der Waals surface area contributed by atoms with Gasteiger partial charge in [-0.1, -0.05) is 24.8 Å². The molecule has 7 heteroatoms. The number of hydrogen-bond donors (Lipinski definition) is 1. The van der Waals surface area contributed by atoms with Gasteiger partial charge in [-0.2, -0.15) is 0 Å². The van der Waals surface area contributed by atoms with Gasteiger partial charge in [-0.05, 0) is 12.1 Å². The highest BCUT2D eigenvalue weighted by Gasteiger charge is 2.24. The molecule has 134 valence electrons. The van der Waals surface area contributed by atoms with E-state index in [0.717, 1.165) is 58.1 Å². The minimum atomic E-state index is -0.981. The average Bonchev–Trinajstić information content (AvgIpc) is 3.46. The van der Waals surface area contributed by atoms with E-state index in [9.17, 15) is 4.79 Å². The number of epoxide rings is 4. The van der Waals surface area contributed by atoms with Crippen molar-refractivity contribution in [1.82, 2.24) is 0 Å². The van der Waals surface area contributed by atoms with Crippen LogP contribution in [0.1, 0.15) is 0 Å². The zero-order chi connectivity index (χ0) is 17.5. The summed E-state index contributed by atoms with van der Waals surface area (Å²) in [5, 5.41) is 7.60. The molecule has 1 atom stereocenters. The Morgan fingerprint density at radius 3 is 1.67 bits per heavy atom. The van der Waals surface area contributed by atoms with Gasteiger partial charge in [-0.15, -0.1) is 0 Å². The Labute approximate surface area is 141 Å². The molecule has 1 unspecified atom stereocenters. The number of carboxylic acid groups (broad SMARTS) is 1. The van der Waals surface area contributed by atoms with E-state index in [1.807, 2.05) is 30.3 Å². The summed E-state index contributed by atoms with van der Waals surface area (Å²) < 4.78 is 23.7. The number of benzene rings is 1. The van der Waals surface area contributed by atoms with Crippen molar-refractivity contribution in [2.75, 3.05) is 46.2 Å². The number of hydrogen-bond acceptors (Lipinski definition) is 6. The molecular formula is C17H24O7. The first-order valence-corrected chi connectivity index (χ1v) is 7.64. The van der Waals surface area contributed by atoms with Crippen LogP contribution in [0.5, 0.6) is 5.75 Å². The number of carboxylic acids is 1. The predicted molar refractivity (Wildman–Crippen MR) is 87.1 cm³/mol. The Morgan fingerprint density at radius 1 is 1.04 bits per heavy atom. The first kappa shape index (κ1) is 20.1. The van der Waals surface area contributed by atoms with E-state index in [2.05, 4.69) is 20.8 Å². The smallest absolute Gasteiger partial charge is 0.327 e. The summed E-state index contributed by atoms with van der Waals surface area (Å²) >= 11 is 0. The van der Waals surface area contributed by atoms with Crippen LogP contribution >= 0.6 is 0 Å². The van der Waals surface area contributed by atoms with Gasteiger partial charge in [0.2, 0.25) is 6.29 Å². The van der Waals surface area contributed by atoms with Crippen LogP contribution in [-0.2, 0) is 23.7 Å². The fourth-order valence-electron chi connectivity index (χ4n) is 0.758. The second-order valence-electron chi connectivity index (χ2n) is 4.57. The second-order valence-corrected chi connectivity index (χ2v) is 4.57. The van der Waals surface area contributed by atoms with Crippen LogP contribution in [0.15, 0.2) is 43.0 Å². The van der Waals surface area contributed by atoms with E-state index in [-0.39, 0.29) is 6.29 Å². The average molecular weight is 340 g/mol. The fraction of sp³-hybridized carbons (Fsp3) is 0.471. The normalized spacial score (nSPS) is 19.6. The van der Waals surface area contributed by atoms with E-state index >= 15 is 0 Å². The molecule has 4 aliphatic rings. The summed E-state index contributed by atoms with van der Waals surface area (Å²) in [7, 11) is 0. The summed E-state index contributed by atoms with van der Waals surface area (Å²) in [6.45, 7) is 9.69. The second kappa shape index (κ2) is 13.5. The molecule has 4 fully saturated rings. The van der Waals surface area contributed by atoms with Gasteiger partial charge in [0.25, 0.3) is 0 Å². The van der Waals surface area contributed by atoms with E-state index < -0.39 is 5.97 Å². The molecule has 1 aromatic rings.